The van der Waals surface area contributed by atoms with Crippen molar-refractivity contribution >= 4 is 16.5 Å². The summed E-state index contributed by atoms with van der Waals surface area (Å²) in [5.41, 5.74) is 0.249. The van der Waals surface area contributed by atoms with Gasteiger partial charge in [0.1, 0.15) is 0 Å². The van der Waals surface area contributed by atoms with Gasteiger partial charge in [0.2, 0.25) is 5.69 Å². The molecular formula is C10H7N2O2-. The number of rotatable bonds is 1. The number of benzene rings is 2. The molecule has 0 unspecified atom stereocenters. The maximum Gasteiger partial charge on any atom is 0.244 e. The number of hydrogen-bond acceptors (Lipinski definition) is 3. The smallest absolute Gasteiger partial charge is 0.244 e. The van der Waals surface area contributed by atoms with Crippen molar-refractivity contribution in [2.45, 2.75) is 0 Å². The molecular weight excluding hydrogens is 180 g/mol. The predicted octanol–water partition coefficient (Wildman–Crippen LogP) is 2.93. The van der Waals surface area contributed by atoms with Crippen molar-refractivity contribution in [3.63, 3.8) is 0 Å². The first-order valence-corrected chi connectivity index (χ1v) is 4.10. The minimum Gasteiger partial charge on any atom is -0.739 e. The quantitative estimate of drug-likeness (QED) is 0.391. The van der Waals surface area contributed by atoms with Crippen LogP contribution in [0.15, 0.2) is 47.7 Å². The van der Waals surface area contributed by atoms with Gasteiger partial charge in [0.05, 0.1) is 0 Å². The van der Waals surface area contributed by atoms with Gasteiger partial charge in [-0.05, 0) is 22.1 Å². The van der Waals surface area contributed by atoms with Crippen LogP contribution in [-0.4, -0.2) is 4.86 Å². The van der Waals surface area contributed by atoms with Crippen molar-refractivity contribution in [1.29, 1.82) is 0 Å². The third-order valence-corrected chi connectivity index (χ3v) is 2.03. The number of hydrogen-bond donors (Lipinski definition) is 0. The molecule has 4 heteroatoms. The molecule has 0 radical (unpaired) electrons. The fourth-order valence-electron chi connectivity index (χ4n) is 1.34. The highest BCUT2D eigenvalue weighted by Crippen LogP contribution is 2.20. The average molecular weight is 187 g/mol. The highest BCUT2D eigenvalue weighted by Gasteiger charge is 2.02. The van der Waals surface area contributed by atoms with Gasteiger partial charge in [-0.3, -0.25) is 0 Å². The largest absolute Gasteiger partial charge is 0.739 e. The third kappa shape index (κ3) is 1.37. The standard InChI is InChI=1S/C10H8N2O2/c13-11-12(14)10-6-5-8-3-1-2-4-9(8)7-10/h1-7,13H/p-1/b12-11-. The van der Waals surface area contributed by atoms with Crippen molar-refractivity contribution in [3.8, 4) is 0 Å². The molecule has 0 bridgehead atoms. The van der Waals surface area contributed by atoms with Gasteiger partial charge in [0.15, 0.2) is 0 Å². The molecule has 4 nitrogen and oxygen atoms in total. The van der Waals surface area contributed by atoms with Gasteiger partial charge < -0.3 is 10.4 Å². The molecule has 0 aliphatic rings. The Morgan fingerprint density at radius 3 is 2.43 bits per heavy atom. The molecule has 0 N–H and O–H groups in total. The summed E-state index contributed by atoms with van der Waals surface area (Å²) < 4.78 is 0. The second-order valence-corrected chi connectivity index (χ2v) is 2.89. The summed E-state index contributed by atoms with van der Waals surface area (Å²) in [5.74, 6) is 0. The lowest BCUT2D eigenvalue weighted by atomic mass is 10.1. The van der Waals surface area contributed by atoms with E-state index in [9.17, 15) is 10.4 Å². The van der Waals surface area contributed by atoms with E-state index in [-0.39, 0.29) is 10.5 Å². The second kappa shape index (κ2) is 3.33. The zero-order chi connectivity index (χ0) is 9.97. The third-order valence-electron chi connectivity index (χ3n) is 2.03. The summed E-state index contributed by atoms with van der Waals surface area (Å²) in [4.78, 5) is 0.0619. The molecule has 0 heterocycles. The van der Waals surface area contributed by atoms with Gasteiger partial charge in [-0.25, -0.2) is 0 Å². The molecule has 0 aromatic heterocycles. The molecule has 0 atom stereocenters. The average Bonchev–Trinajstić information content (AvgIpc) is 2.27. The van der Waals surface area contributed by atoms with Crippen LogP contribution in [-0.2, 0) is 0 Å². The Labute approximate surface area is 80.3 Å². The molecule has 0 aliphatic heterocycles. The summed E-state index contributed by atoms with van der Waals surface area (Å²) in [6.45, 7) is 0. The Morgan fingerprint density at radius 1 is 1.00 bits per heavy atom. The van der Waals surface area contributed by atoms with Crippen LogP contribution in [0.1, 0.15) is 0 Å². The van der Waals surface area contributed by atoms with Crippen molar-refractivity contribution in [2.24, 2.45) is 5.28 Å². The van der Waals surface area contributed by atoms with Crippen molar-refractivity contribution < 1.29 is 4.86 Å². The molecule has 0 saturated heterocycles. The van der Waals surface area contributed by atoms with E-state index < -0.39 is 0 Å². The van der Waals surface area contributed by atoms with Gasteiger partial charge >= 0.3 is 0 Å². The van der Waals surface area contributed by atoms with Crippen LogP contribution in [0.2, 0.25) is 0 Å². The van der Waals surface area contributed by atoms with E-state index in [2.05, 4.69) is 5.28 Å². The Hall–Kier alpha value is -2.10. The molecule has 0 saturated carbocycles. The molecule has 0 aliphatic carbocycles. The van der Waals surface area contributed by atoms with E-state index in [1.165, 1.54) is 0 Å². The maximum atomic E-state index is 10.9. The molecule has 70 valence electrons. The Balaban J connectivity index is 2.62. The molecule has 0 fully saturated rings. The topological polar surface area (TPSA) is 61.5 Å². The Morgan fingerprint density at radius 2 is 1.71 bits per heavy atom. The van der Waals surface area contributed by atoms with Crippen LogP contribution < -0.4 is 0 Å². The molecule has 2 aromatic rings. The molecule has 2 rings (SSSR count). The molecule has 2 aromatic carbocycles. The van der Waals surface area contributed by atoms with Crippen LogP contribution in [0.5, 0.6) is 0 Å². The van der Waals surface area contributed by atoms with Gasteiger partial charge in [-0.1, -0.05) is 29.1 Å². The van der Waals surface area contributed by atoms with E-state index in [0.717, 1.165) is 10.8 Å². The van der Waals surface area contributed by atoms with Crippen molar-refractivity contribution in [2.75, 3.05) is 0 Å². The first kappa shape index (κ1) is 8.50. The highest BCUT2D eigenvalue weighted by molar-refractivity contribution is 5.84. The van der Waals surface area contributed by atoms with Crippen LogP contribution >= 0.6 is 0 Å². The van der Waals surface area contributed by atoms with E-state index in [4.69, 9.17) is 0 Å². The lowest BCUT2D eigenvalue weighted by Gasteiger charge is -2.02. The fraction of sp³-hybridized carbons (Fsp3) is 0. The Bertz CT molecular complexity index is 494. The SMILES string of the molecule is [O-]/N=[N+](\[O-])c1ccc2ccccc2c1. The van der Waals surface area contributed by atoms with E-state index in [1.54, 1.807) is 18.2 Å². The summed E-state index contributed by atoms with van der Waals surface area (Å²) in [7, 11) is 0. The van der Waals surface area contributed by atoms with Gasteiger partial charge in [0.25, 0.3) is 0 Å². The second-order valence-electron chi connectivity index (χ2n) is 2.89. The predicted molar refractivity (Wildman–Crippen MR) is 53.0 cm³/mol. The summed E-state index contributed by atoms with van der Waals surface area (Å²) in [6, 6.07) is 12.6. The maximum absolute atomic E-state index is 10.9. The zero-order valence-corrected chi connectivity index (χ0v) is 7.25. The van der Waals surface area contributed by atoms with E-state index in [0.29, 0.717) is 0 Å². The number of nitrogens with zero attached hydrogens (tertiary/aromatic N) is 2. The monoisotopic (exact) mass is 187 g/mol. The van der Waals surface area contributed by atoms with E-state index >= 15 is 0 Å². The zero-order valence-electron chi connectivity index (χ0n) is 7.25. The van der Waals surface area contributed by atoms with Crippen LogP contribution in [0.25, 0.3) is 10.8 Å². The number of fused-ring (bicyclic) bond motifs is 1. The normalized spacial score (nSPS) is 11.9. The minimum absolute atomic E-state index is 0.0619. The lowest BCUT2D eigenvalue weighted by molar-refractivity contribution is -0.436. The lowest BCUT2D eigenvalue weighted by Crippen LogP contribution is -1.88. The first-order valence-electron chi connectivity index (χ1n) is 4.10. The summed E-state index contributed by atoms with van der Waals surface area (Å²) in [5, 5.41) is 25.1. The molecule has 0 spiro atoms. The van der Waals surface area contributed by atoms with Crippen LogP contribution in [0.3, 0.4) is 0 Å². The first-order chi connectivity index (χ1) is 6.81. The van der Waals surface area contributed by atoms with Crippen LogP contribution in [0, 0.1) is 10.4 Å². The van der Waals surface area contributed by atoms with Crippen molar-refractivity contribution in [3.05, 3.63) is 52.9 Å². The Kier molecular flexibility index (Phi) is 2.02. The minimum atomic E-state index is 0.0619. The van der Waals surface area contributed by atoms with E-state index in [1.807, 2.05) is 24.3 Å². The molecule has 0 amide bonds. The van der Waals surface area contributed by atoms with Gasteiger partial charge in [-0.2, -0.15) is 0 Å². The summed E-state index contributed by atoms with van der Waals surface area (Å²) >= 11 is 0. The fourth-order valence-corrected chi connectivity index (χ4v) is 1.34. The van der Waals surface area contributed by atoms with Gasteiger partial charge in [-0.15, -0.1) is 0 Å². The van der Waals surface area contributed by atoms with Crippen molar-refractivity contribution in [1.82, 2.24) is 0 Å². The van der Waals surface area contributed by atoms with Crippen LogP contribution in [0.4, 0.5) is 5.69 Å². The summed E-state index contributed by atoms with van der Waals surface area (Å²) in [6.07, 6.45) is 0. The molecule has 14 heavy (non-hydrogen) atoms. The van der Waals surface area contributed by atoms with Gasteiger partial charge in [0, 0.05) is 12.1 Å². The highest BCUT2D eigenvalue weighted by atomic mass is 16.6.